The van der Waals surface area contributed by atoms with E-state index < -0.39 is 32.4 Å². The summed E-state index contributed by atoms with van der Waals surface area (Å²) in [5.74, 6) is -0.939. The fraction of sp³-hybridized carbons (Fsp3) is 0.923. The molecule has 0 spiro atoms. The SMILES string of the molecule is CC1CCC(N)C(S(=O)(=O)CC(=O)OC(C)(C)C)C1. The lowest BCUT2D eigenvalue weighted by Gasteiger charge is -2.32. The quantitative estimate of drug-likeness (QED) is 0.791. The van der Waals surface area contributed by atoms with Gasteiger partial charge in [0.15, 0.2) is 9.84 Å². The maximum atomic E-state index is 12.3. The second-order valence-electron chi connectivity index (χ2n) is 6.51. The lowest BCUT2D eigenvalue weighted by molar-refractivity contribution is -0.151. The second kappa shape index (κ2) is 5.79. The maximum absolute atomic E-state index is 12.3. The summed E-state index contributed by atoms with van der Waals surface area (Å²) in [5, 5.41) is -0.622. The number of hydrogen-bond donors (Lipinski definition) is 1. The molecule has 0 amide bonds. The summed E-state index contributed by atoms with van der Waals surface area (Å²) in [4.78, 5) is 11.7. The molecular weight excluding hydrogens is 266 g/mol. The zero-order valence-corrected chi connectivity index (χ0v) is 13.0. The van der Waals surface area contributed by atoms with Crippen LogP contribution in [0.25, 0.3) is 0 Å². The Morgan fingerprint density at radius 1 is 1.32 bits per heavy atom. The fourth-order valence-electron chi connectivity index (χ4n) is 2.41. The molecule has 1 rings (SSSR count). The molecule has 3 unspecified atom stereocenters. The largest absolute Gasteiger partial charge is 0.459 e. The summed E-state index contributed by atoms with van der Waals surface area (Å²) in [6.45, 7) is 7.16. The van der Waals surface area contributed by atoms with Crippen LogP contribution in [-0.2, 0) is 19.4 Å². The molecular formula is C13H25NO4S. The monoisotopic (exact) mass is 291 g/mol. The molecule has 5 nitrogen and oxygen atoms in total. The van der Waals surface area contributed by atoms with Gasteiger partial charge in [0.25, 0.3) is 0 Å². The first kappa shape index (κ1) is 16.4. The zero-order chi connectivity index (χ0) is 14.8. The molecule has 1 aliphatic rings. The Kier molecular flexibility index (Phi) is 5.01. The lowest BCUT2D eigenvalue weighted by atomic mass is 9.87. The number of carbonyl (C=O) groups is 1. The highest BCUT2D eigenvalue weighted by molar-refractivity contribution is 7.92. The lowest BCUT2D eigenvalue weighted by Crippen LogP contribution is -2.47. The van der Waals surface area contributed by atoms with Crippen molar-refractivity contribution in [1.29, 1.82) is 0 Å². The third kappa shape index (κ3) is 5.10. The van der Waals surface area contributed by atoms with Crippen LogP contribution < -0.4 is 5.73 Å². The molecule has 0 saturated heterocycles. The molecule has 1 fully saturated rings. The predicted octanol–water partition coefficient (Wildman–Crippen LogP) is 1.26. The fourth-order valence-corrected chi connectivity index (χ4v) is 4.30. The molecule has 0 bridgehead atoms. The van der Waals surface area contributed by atoms with E-state index in [9.17, 15) is 13.2 Å². The second-order valence-corrected chi connectivity index (χ2v) is 8.73. The van der Waals surface area contributed by atoms with Crippen LogP contribution in [0.4, 0.5) is 0 Å². The van der Waals surface area contributed by atoms with Crippen molar-refractivity contribution < 1.29 is 17.9 Å². The summed E-state index contributed by atoms with van der Waals surface area (Å²) in [7, 11) is -3.54. The van der Waals surface area contributed by atoms with Crippen LogP contribution in [-0.4, -0.2) is 37.0 Å². The van der Waals surface area contributed by atoms with Crippen LogP contribution >= 0.6 is 0 Å². The van der Waals surface area contributed by atoms with E-state index in [1.54, 1.807) is 20.8 Å². The van der Waals surface area contributed by atoms with Crippen LogP contribution in [0.5, 0.6) is 0 Å². The van der Waals surface area contributed by atoms with Gasteiger partial charge in [0.1, 0.15) is 11.4 Å². The van der Waals surface area contributed by atoms with Crippen molar-refractivity contribution >= 4 is 15.8 Å². The Balaban J connectivity index is 2.72. The molecule has 112 valence electrons. The number of ether oxygens (including phenoxy) is 1. The van der Waals surface area contributed by atoms with Crippen molar-refractivity contribution in [2.75, 3.05) is 5.75 Å². The molecule has 1 aliphatic carbocycles. The molecule has 3 atom stereocenters. The average Bonchev–Trinajstić information content (AvgIpc) is 2.17. The first-order chi connectivity index (χ1) is 8.51. The van der Waals surface area contributed by atoms with Gasteiger partial charge in [-0.25, -0.2) is 8.42 Å². The van der Waals surface area contributed by atoms with Crippen molar-refractivity contribution in [2.45, 2.75) is 63.9 Å². The number of carbonyl (C=O) groups excluding carboxylic acids is 1. The summed E-state index contributed by atoms with van der Waals surface area (Å²) in [5.41, 5.74) is 5.23. The number of rotatable bonds is 3. The normalized spacial score (nSPS) is 29.0. The smallest absolute Gasteiger partial charge is 0.321 e. The maximum Gasteiger partial charge on any atom is 0.321 e. The van der Waals surface area contributed by atoms with Crippen molar-refractivity contribution in [2.24, 2.45) is 11.7 Å². The molecule has 0 aromatic carbocycles. The Bertz CT molecular complexity index is 424. The predicted molar refractivity (Wildman–Crippen MR) is 74.4 cm³/mol. The minimum absolute atomic E-state index is 0.332. The molecule has 0 aromatic heterocycles. The highest BCUT2D eigenvalue weighted by Gasteiger charge is 2.37. The van der Waals surface area contributed by atoms with Gasteiger partial charge in [-0.05, 0) is 46.0 Å². The van der Waals surface area contributed by atoms with E-state index in [2.05, 4.69) is 0 Å². The van der Waals surface area contributed by atoms with E-state index in [4.69, 9.17) is 10.5 Å². The Labute approximate surface area is 115 Å². The molecule has 2 N–H and O–H groups in total. The van der Waals surface area contributed by atoms with Gasteiger partial charge in [0, 0.05) is 6.04 Å². The van der Waals surface area contributed by atoms with Gasteiger partial charge in [-0.2, -0.15) is 0 Å². The Morgan fingerprint density at radius 2 is 1.89 bits per heavy atom. The third-order valence-electron chi connectivity index (χ3n) is 3.31. The molecule has 0 aliphatic heterocycles. The highest BCUT2D eigenvalue weighted by Crippen LogP contribution is 2.28. The third-order valence-corrected chi connectivity index (χ3v) is 5.41. The van der Waals surface area contributed by atoms with Crippen molar-refractivity contribution in [1.82, 2.24) is 0 Å². The van der Waals surface area contributed by atoms with Gasteiger partial charge in [0.2, 0.25) is 0 Å². The number of esters is 1. The van der Waals surface area contributed by atoms with E-state index >= 15 is 0 Å². The minimum Gasteiger partial charge on any atom is -0.459 e. The first-order valence-corrected chi connectivity index (χ1v) is 8.42. The van der Waals surface area contributed by atoms with Gasteiger partial charge in [0.05, 0.1) is 5.25 Å². The topological polar surface area (TPSA) is 86.5 Å². The van der Waals surface area contributed by atoms with Crippen LogP contribution in [0, 0.1) is 5.92 Å². The van der Waals surface area contributed by atoms with Gasteiger partial charge in [-0.1, -0.05) is 6.92 Å². The van der Waals surface area contributed by atoms with Gasteiger partial charge < -0.3 is 10.5 Å². The molecule has 19 heavy (non-hydrogen) atoms. The summed E-state index contributed by atoms with van der Waals surface area (Å²) in [6, 6.07) is -0.372. The Hall–Kier alpha value is -0.620. The van der Waals surface area contributed by atoms with Crippen LogP contribution in [0.15, 0.2) is 0 Å². The number of sulfone groups is 1. The zero-order valence-electron chi connectivity index (χ0n) is 12.2. The highest BCUT2D eigenvalue weighted by atomic mass is 32.2. The standard InChI is InChI=1S/C13H25NO4S/c1-9-5-6-10(14)11(7-9)19(16,17)8-12(15)18-13(2,3)4/h9-11H,5-8,14H2,1-4H3. The van der Waals surface area contributed by atoms with E-state index in [0.29, 0.717) is 18.8 Å². The van der Waals surface area contributed by atoms with Gasteiger partial charge in [-0.15, -0.1) is 0 Å². The first-order valence-electron chi connectivity index (χ1n) is 6.70. The van der Waals surface area contributed by atoms with E-state index in [1.807, 2.05) is 6.92 Å². The average molecular weight is 291 g/mol. The van der Waals surface area contributed by atoms with Crippen molar-refractivity contribution in [3.05, 3.63) is 0 Å². The van der Waals surface area contributed by atoms with Crippen LogP contribution in [0.2, 0.25) is 0 Å². The summed E-state index contributed by atoms with van der Waals surface area (Å²) >= 11 is 0. The number of hydrogen-bond acceptors (Lipinski definition) is 5. The van der Waals surface area contributed by atoms with Crippen molar-refractivity contribution in [3.8, 4) is 0 Å². The van der Waals surface area contributed by atoms with Crippen LogP contribution in [0.3, 0.4) is 0 Å². The molecule has 1 saturated carbocycles. The molecule has 0 radical (unpaired) electrons. The summed E-state index contributed by atoms with van der Waals surface area (Å²) < 4.78 is 29.6. The van der Waals surface area contributed by atoms with Gasteiger partial charge in [-0.3, -0.25) is 4.79 Å². The minimum atomic E-state index is -3.54. The summed E-state index contributed by atoms with van der Waals surface area (Å²) in [6.07, 6.45) is 2.17. The van der Waals surface area contributed by atoms with E-state index in [-0.39, 0.29) is 6.04 Å². The molecule has 0 heterocycles. The van der Waals surface area contributed by atoms with Crippen LogP contribution in [0.1, 0.15) is 47.0 Å². The van der Waals surface area contributed by atoms with Gasteiger partial charge >= 0.3 is 5.97 Å². The number of nitrogens with two attached hydrogens (primary N) is 1. The molecule has 0 aromatic rings. The van der Waals surface area contributed by atoms with E-state index in [0.717, 1.165) is 6.42 Å². The molecule has 6 heteroatoms. The Morgan fingerprint density at radius 3 is 2.42 bits per heavy atom. The van der Waals surface area contributed by atoms with E-state index in [1.165, 1.54) is 0 Å². The van der Waals surface area contributed by atoms with Crippen molar-refractivity contribution in [3.63, 3.8) is 0 Å².